The predicted molar refractivity (Wildman–Crippen MR) is 89.6 cm³/mol. The van der Waals surface area contributed by atoms with Gasteiger partial charge in [0, 0.05) is 37.2 Å². The van der Waals surface area contributed by atoms with Crippen LogP contribution in [-0.2, 0) is 11.3 Å². The van der Waals surface area contributed by atoms with Crippen molar-refractivity contribution in [1.82, 2.24) is 9.80 Å². The lowest BCUT2D eigenvalue weighted by molar-refractivity contribution is -0.132. The highest BCUT2D eigenvalue weighted by atomic mass is 19.1. The monoisotopic (exact) mass is 329 g/mol. The van der Waals surface area contributed by atoms with Crippen LogP contribution in [0.1, 0.15) is 50.2 Å². The average molecular weight is 329 g/mol. The van der Waals surface area contributed by atoms with Gasteiger partial charge in [0.15, 0.2) is 0 Å². The number of halogens is 1. The van der Waals surface area contributed by atoms with Crippen molar-refractivity contribution in [2.75, 3.05) is 13.1 Å². The number of hydrogen-bond donors (Lipinski definition) is 0. The SMILES string of the molecule is CCC(=O)N1CCC[C@@H]1[C@@H]1CCCN1Cc1ccc(C#N)cc1F. The smallest absolute Gasteiger partial charge is 0.222 e. The van der Waals surface area contributed by atoms with Crippen LogP contribution in [0.2, 0.25) is 0 Å². The second-order valence-corrected chi connectivity index (χ2v) is 6.75. The van der Waals surface area contributed by atoms with Crippen molar-refractivity contribution in [2.24, 2.45) is 0 Å². The normalized spacial score (nSPS) is 24.3. The Morgan fingerprint density at radius 1 is 1.29 bits per heavy atom. The Balaban J connectivity index is 1.74. The second-order valence-electron chi connectivity index (χ2n) is 6.75. The number of nitrogens with zero attached hydrogens (tertiary/aromatic N) is 3. The van der Waals surface area contributed by atoms with E-state index in [1.807, 2.05) is 17.9 Å². The molecule has 2 aliphatic heterocycles. The maximum Gasteiger partial charge on any atom is 0.222 e. The summed E-state index contributed by atoms with van der Waals surface area (Å²) in [6.45, 7) is 4.25. The van der Waals surface area contributed by atoms with Gasteiger partial charge in [0.2, 0.25) is 5.91 Å². The van der Waals surface area contributed by atoms with Gasteiger partial charge in [0.05, 0.1) is 11.6 Å². The fourth-order valence-corrected chi connectivity index (χ4v) is 4.15. The minimum atomic E-state index is -0.312. The van der Waals surface area contributed by atoms with Gasteiger partial charge < -0.3 is 4.90 Å². The number of likely N-dealkylation sites (tertiary alicyclic amines) is 2. The molecule has 2 fully saturated rings. The predicted octanol–water partition coefficient (Wildman–Crippen LogP) is 3.06. The molecule has 0 N–H and O–H groups in total. The van der Waals surface area contributed by atoms with E-state index < -0.39 is 0 Å². The van der Waals surface area contributed by atoms with Crippen LogP contribution in [0.4, 0.5) is 4.39 Å². The first-order valence-corrected chi connectivity index (χ1v) is 8.86. The third-order valence-corrected chi connectivity index (χ3v) is 5.34. The van der Waals surface area contributed by atoms with Crippen LogP contribution in [0.3, 0.4) is 0 Å². The second kappa shape index (κ2) is 7.31. The van der Waals surface area contributed by atoms with Crippen molar-refractivity contribution in [3.8, 4) is 6.07 Å². The molecule has 1 aromatic rings. The lowest BCUT2D eigenvalue weighted by atomic mass is 10.0. The summed E-state index contributed by atoms with van der Waals surface area (Å²) < 4.78 is 14.2. The summed E-state index contributed by atoms with van der Waals surface area (Å²) in [6.07, 6.45) is 4.81. The van der Waals surface area contributed by atoms with E-state index in [1.54, 1.807) is 12.1 Å². The molecule has 2 aliphatic rings. The van der Waals surface area contributed by atoms with Crippen molar-refractivity contribution in [2.45, 2.75) is 57.7 Å². The Labute approximate surface area is 142 Å². The fraction of sp³-hybridized carbons (Fsp3) is 0.579. The Kier molecular flexibility index (Phi) is 5.15. The molecule has 0 aromatic heterocycles. The summed E-state index contributed by atoms with van der Waals surface area (Å²) in [5.41, 5.74) is 0.983. The van der Waals surface area contributed by atoms with E-state index in [4.69, 9.17) is 5.26 Å². The molecule has 2 heterocycles. The summed E-state index contributed by atoms with van der Waals surface area (Å²) in [5.74, 6) is -0.0819. The highest BCUT2D eigenvalue weighted by Gasteiger charge is 2.39. The molecule has 1 amide bonds. The van der Waals surface area contributed by atoms with Gasteiger partial charge in [-0.15, -0.1) is 0 Å². The zero-order valence-corrected chi connectivity index (χ0v) is 14.2. The van der Waals surface area contributed by atoms with E-state index >= 15 is 0 Å². The molecule has 2 atom stereocenters. The Morgan fingerprint density at radius 3 is 2.75 bits per heavy atom. The molecule has 0 radical (unpaired) electrons. The van der Waals surface area contributed by atoms with E-state index in [1.165, 1.54) is 6.07 Å². The summed E-state index contributed by atoms with van der Waals surface area (Å²) >= 11 is 0. The molecule has 0 aliphatic carbocycles. The quantitative estimate of drug-likeness (QED) is 0.853. The fourth-order valence-electron chi connectivity index (χ4n) is 4.15. The molecule has 1 aromatic carbocycles. The summed E-state index contributed by atoms with van der Waals surface area (Å²) in [4.78, 5) is 16.5. The van der Waals surface area contributed by atoms with Crippen molar-refractivity contribution < 1.29 is 9.18 Å². The summed E-state index contributed by atoms with van der Waals surface area (Å²) in [7, 11) is 0. The van der Waals surface area contributed by atoms with Gasteiger partial charge in [-0.25, -0.2) is 4.39 Å². The molecule has 0 spiro atoms. The van der Waals surface area contributed by atoms with E-state index in [0.717, 1.165) is 38.8 Å². The molecule has 24 heavy (non-hydrogen) atoms. The molecule has 0 unspecified atom stereocenters. The van der Waals surface area contributed by atoms with Crippen LogP contribution in [-0.4, -0.2) is 40.9 Å². The number of carbonyl (C=O) groups is 1. The molecule has 0 bridgehead atoms. The lowest BCUT2D eigenvalue weighted by Gasteiger charge is -2.35. The van der Waals surface area contributed by atoms with Crippen molar-refractivity contribution in [3.05, 3.63) is 35.1 Å². The molecular weight excluding hydrogens is 305 g/mol. The highest BCUT2D eigenvalue weighted by Crippen LogP contribution is 2.31. The first kappa shape index (κ1) is 16.9. The zero-order chi connectivity index (χ0) is 17.1. The first-order valence-electron chi connectivity index (χ1n) is 8.86. The van der Waals surface area contributed by atoms with Crippen LogP contribution in [0.25, 0.3) is 0 Å². The Hall–Kier alpha value is -1.93. The number of benzene rings is 1. The van der Waals surface area contributed by atoms with E-state index in [9.17, 15) is 9.18 Å². The minimum Gasteiger partial charge on any atom is -0.338 e. The number of amides is 1. The van der Waals surface area contributed by atoms with Crippen LogP contribution in [0.5, 0.6) is 0 Å². The number of carbonyl (C=O) groups excluding carboxylic acids is 1. The number of hydrogen-bond acceptors (Lipinski definition) is 3. The molecule has 5 heteroatoms. The van der Waals surface area contributed by atoms with Crippen LogP contribution in [0, 0.1) is 17.1 Å². The molecule has 128 valence electrons. The third kappa shape index (κ3) is 3.29. The standard InChI is InChI=1S/C19H24FN3O/c1-2-19(24)23-10-4-6-18(23)17-5-3-9-22(17)13-15-8-7-14(12-21)11-16(15)20/h7-8,11,17-18H,2-6,9-10,13H2,1H3/t17-,18+/m0/s1. The lowest BCUT2D eigenvalue weighted by Crippen LogP contribution is -2.47. The largest absolute Gasteiger partial charge is 0.338 e. The Morgan fingerprint density at radius 2 is 2.04 bits per heavy atom. The van der Waals surface area contributed by atoms with Gasteiger partial charge in [-0.05, 0) is 44.4 Å². The third-order valence-electron chi connectivity index (χ3n) is 5.34. The average Bonchev–Trinajstić information content (AvgIpc) is 3.24. The highest BCUT2D eigenvalue weighted by molar-refractivity contribution is 5.76. The van der Waals surface area contributed by atoms with E-state index in [-0.39, 0.29) is 17.8 Å². The topological polar surface area (TPSA) is 47.3 Å². The maximum atomic E-state index is 14.2. The van der Waals surface area contributed by atoms with Gasteiger partial charge in [-0.3, -0.25) is 9.69 Å². The number of nitriles is 1. The van der Waals surface area contributed by atoms with E-state index in [2.05, 4.69) is 4.90 Å². The van der Waals surface area contributed by atoms with Crippen LogP contribution < -0.4 is 0 Å². The van der Waals surface area contributed by atoms with Gasteiger partial charge in [0.1, 0.15) is 5.82 Å². The van der Waals surface area contributed by atoms with Crippen molar-refractivity contribution in [1.29, 1.82) is 5.26 Å². The van der Waals surface area contributed by atoms with Gasteiger partial charge in [0.25, 0.3) is 0 Å². The van der Waals surface area contributed by atoms with Crippen molar-refractivity contribution in [3.63, 3.8) is 0 Å². The van der Waals surface area contributed by atoms with Gasteiger partial charge in [-0.2, -0.15) is 5.26 Å². The van der Waals surface area contributed by atoms with E-state index in [0.29, 0.717) is 30.1 Å². The number of rotatable bonds is 4. The summed E-state index contributed by atoms with van der Waals surface area (Å²) in [6, 6.07) is 7.25. The minimum absolute atomic E-state index is 0.230. The zero-order valence-electron chi connectivity index (χ0n) is 14.2. The maximum absolute atomic E-state index is 14.2. The molecule has 2 saturated heterocycles. The van der Waals surface area contributed by atoms with Crippen molar-refractivity contribution >= 4 is 5.91 Å². The Bertz CT molecular complexity index is 655. The molecular formula is C19H24FN3O. The summed E-state index contributed by atoms with van der Waals surface area (Å²) in [5, 5.41) is 8.86. The van der Waals surface area contributed by atoms with Gasteiger partial charge >= 0.3 is 0 Å². The van der Waals surface area contributed by atoms with Crippen LogP contribution >= 0.6 is 0 Å². The molecule has 3 rings (SSSR count). The molecule has 4 nitrogen and oxygen atoms in total. The van der Waals surface area contributed by atoms with Gasteiger partial charge in [-0.1, -0.05) is 13.0 Å². The first-order chi connectivity index (χ1) is 11.6. The molecule has 0 saturated carbocycles. The van der Waals surface area contributed by atoms with Crippen LogP contribution in [0.15, 0.2) is 18.2 Å².